The smallest absolute Gasteiger partial charge is 0.383 e. The number of benzene rings is 1. The van der Waals surface area contributed by atoms with E-state index in [2.05, 4.69) is 24.1 Å². The van der Waals surface area contributed by atoms with Crippen molar-refractivity contribution in [2.24, 2.45) is 0 Å². The molecule has 0 aliphatic carbocycles. The van der Waals surface area contributed by atoms with Crippen LogP contribution >= 0.6 is 0 Å². The van der Waals surface area contributed by atoms with Gasteiger partial charge in [-0.05, 0) is 52.2 Å². The predicted molar refractivity (Wildman–Crippen MR) is 67.7 cm³/mol. The van der Waals surface area contributed by atoms with Gasteiger partial charge in [-0.15, -0.1) is 0 Å². The molecule has 1 aromatic rings. The number of nitrogens with zero attached hydrogens (tertiary/aromatic N) is 1. The van der Waals surface area contributed by atoms with Crippen LogP contribution in [-0.4, -0.2) is 31.1 Å². The van der Waals surface area contributed by atoms with E-state index >= 15 is 0 Å². The first-order valence-corrected chi connectivity index (χ1v) is 5.71. The number of alkyl halides is 3. The molecule has 0 bridgehead atoms. The van der Waals surface area contributed by atoms with E-state index in [0.717, 1.165) is 12.1 Å². The predicted octanol–water partition coefficient (Wildman–Crippen LogP) is 3.46. The summed E-state index contributed by atoms with van der Waals surface area (Å²) in [6.07, 6.45) is -4.28. The van der Waals surface area contributed by atoms with Gasteiger partial charge in [-0.25, -0.2) is 0 Å². The van der Waals surface area contributed by atoms with Gasteiger partial charge in [-0.2, -0.15) is 13.2 Å². The van der Waals surface area contributed by atoms with E-state index in [1.165, 1.54) is 12.1 Å². The zero-order valence-electron chi connectivity index (χ0n) is 11.1. The van der Waals surface area contributed by atoms with Crippen molar-refractivity contribution in [3.8, 4) is 0 Å². The topological polar surface area (TPSA) is 15.3 Å². The molecule has 0 radical (unpaired) electrons. The molecule has 0 spiro atoms. The van der Waals surface area contributed by atoms with Crippen LogP contribution in [0.3, 0.4) is 0 Å². The Balaban J connectivity index is 2.65. The fourth-order valence-electron chi connectivity index (χ4n) is 1.25. The molecular formula is C13H19F3N2. The van der Waals surface area contributed by atoms with Gasteiger partial charge in [0.2, 0.25) is 0 Å². The third kappa shape index (κ3) is 3.91. The maximum absolute atomic E-state index is 12.4. The van der Waals surface area contributed by atoms with E-state index in [9.17, 15) is 13.2 Å². The SMILES string of the molecule is CN(C)C(C)(C)CNc1ccc(C(F)(F)F)cc1. The van der Waals surface area contributed by atoms with Gasteiger partial charge in [0.15, 0.2) is 0 Å². The Labute approximate surface area is 106 Å². The third-order valence-electron chi connectivity index (χ3n) is 3.15. The first-order chi connectivity index (χ1) is 8.13. The standard InChI is InChI=1S/C13H19F3N2/c1-12(2,18(3)4)9-17-11-7-5-10(6-8-11)13(14,15)16/h5-8,17H,9H2,1-4H3. The number of nitrogens with one attached hydrogen (secondary N) is 1. The fourth-order valence-corrected chi connectivity index (χ4v) is 1.25. The molecule has 5 heteroatoms. The van der Waals surface area contributed by atoms with Gasteiger partial charge < -0.3 is 10.2 Å². The number of likely N-dealkylation sites (N-methyl/N-ethyl adjacent to an activating group) is 1. The molecule has 0 aromatic heterocycles. The van der Waals surface area contributed by atoms with Gasteiger partial charge in [0.1, 0.15) is 0 Å². The van der Waals surface area contributed by atoms with Gasteiger partial charge in [0.05, 0.1) is 5.56 Å². The van der Waals surface area contributed by atoms with Crippen molar-refractivity contribution in [3.05, 3.63) is 29.8 Å². The average molecular weight is 260 g/mol. The van der Waals surface area contributed by atoms with E-state index in [-0.39, 0.29) is 5.54 Å². The summed E-state index contributed by atoms with van der Waals surface area (Å²) < 4.78 is 37.1. The highest BCUT2D eigenvalue weighted by Gasteiger charge is 2.30. The van der Waals surface area contributed by atoms with Crippen molar-refractivity contribution in [1.82, 2.24) is 4.90 Å². The molecule has 0 atom stereocenters. The first-order valence-electron chi connectivity index (χ1n) is 5.71. The summed E-state index contributed by atoms with van der Waals surface area (Å²) in [5, 5.41) is 3.14. The van der Waals surface area contributed by atoms with Crippen LogP contribution in [0.4, 0.5) is 18.9 Å². The minimum atomic E-state index is -4.28. The second kappa shape index (κ2) is 5.18. The molecule has 0 saturated heterocycles. The Hall–Kier alpha value is -1.23. The lowest BCUT2D eigenvalue weighted by Gasteiger charge is -2.33. The lowest BCUT2D eigenvalue weighted by molar-refractivity contribution is -0.137. The molecular weight excluding hydrogens is 241 g/mol. The molecule has 2 nitrogen and oxygen atoms in total. The van der Waals surface area contributed by atoms with Gasteiger partial charge in [0, 0.05) is 17.8 Å². The molecule has 0 fully saturated rings. The Morgan fingerprint density at radius 2 is 1.56 bits per heavy atom. The number of hydrogen-bond donors (Lipinski definition) is 1. The van der Waals surface area contributed by atoms with Crippen LogP contribution in [0.15, 0.2) is 24.3 Å². The summed E-state index contributed by atoms with van der Waals surface area (Å²) >= 11 is 0. The van der Waals surface area contributed by atoms with Crippen LogP contribution in [0, 0.1) is 0 Å². The highest BCUT2D eigenvalue weighted by Crippen LogP contribution is 2.29. The molecule has 0 unspecified atom stereocenters. The number of hydrogen-bond acceptors (Lipinski definition) is 2. The van der Waals surface area contributed by atoms with E-state index < -0.39 is 11.7 Å². The lowest BCUT2D eigenvalue weighted by Crippen LogP contribution is -2.44. The van der Waals surface area contributed by atoms with E-state index in [1.54, 1.807) is 0 Å². The Morgan fingerprint density at radius 3 is 1.94 bits per heavy atom. The van der Waals surface area contributed by atoms with Gasteiger partial charge in [-0.3, -0.25) is 0 Å². The largest absolute Gasteiger partial charge is 0.416 e. The molecule has 1 rings (SSSR count). The quantitative estimate of drug-likeness (QED) is 0.892. The molecule has 1 aromatic carbocycles. The van der Waals surface area contributed by atoms with Crippen molar-refractivity contribution in [3.63, 3.8) is 0 Å². The van der Waals surface area contributed by atoms with Crippen molar-refractivity contribution < 1.29 is 13.2 Å². The van der Waals surface area contributed by atoms with Crippen molar-refractivity contribution in [2.45, 2.75) is 25.6 Å². The molecule has 0 aliphatic heterocycles. The molecule has 1 N–H and O–H groups in total. The lowest BCUT2D eigenvalue weighted by atomic mass is 10.0. The Morgan fingerprint density at radius 1 is 1.06 bits per heavy atom. The molecule has 102 valence electrons. The average Bonchev–Trinajstić information content (AvgIpc) is 2.25. The van der Waals surface area contributed by atoms with Crippen molar-refractivity contribution in [1.29, 1.82) is 0 Å². The maximum Gasteiger partial charge on any atom is 0.416 e. The summed E-state index contributed by atoms with van der Waals surface area (Å²) in [7, 11) is 3.93. The minimum absolute atomic E-state index is 0.0668. The van der Waals surface area contributed by atoms with Crippen LogP contribution in [0.2, 0.25) is 0 Å². The summed E-state index contributed by atoms with van der Waals surface area (Å²) in [4.78, 5) is 2.06. The van der Waals surface area contributed by atoms with E-state index in [0.29, 0.717) is 12.2 Å². The van der Waals surface area contributed by atoms with Gasteiger partial charge >= 0.3 is 6.18 Å². The highest BCUT2D eigenvalue weighted by atomic mass is 19.4. The summed E-state index contributed by atoms with van der Waals surface area (Å²) in [5.74, 6) is 0. The third-order valence-corrected chi connectivity index (χ3v) is 3.15. The van der Waals surface area contributed by atoms with Crippen molar-refractivity contribution >= 4 is 5.69 Å². The molecule has 0 aliphatic rings. The highest BCUT2D eigenvalue weighted by molar-refractivity contribution is 5.45. The van der Waals surface area contributed by atoms with Gasteiger partial charge in [-0.1, -0.05) is 0 Å². The number of halogens is 3. The summed E-state index contributed by atoms with van der Waals surface area (Å²) in [6.45, 7) is 4.78. The van der Waals surface area contributed by atoms with E-state index in [4.69, 9.17) is 0 Å². The normalized spacial score (nSPS) is 12.9. The monoisotopic (exact) mass is 260 g/mol. The minimum Gasteiger partial charge on any atom is -0.383 e. The number of rotatable bonds is 4. The van der Waals surface area contributed by atoms with Crippen LogP contribution in [0.25, 0.3) is 0 Å². The molecule has 0 heterocycles. The second-order valence-corrected chi connectivity index (χ2v) is 5.14. The molecule has 18 heavy (non-hydrogen) atoms. The summed E-state index contributed by atoms with van der Waals surface area (Å²) in [5.41, 5.74) is 0.000682. The van der Waals surface area contributed by atoms with Crippen LogP contribution < -0.4 is 5.32 Å². The number of anilines is 1. The maximum atomic E-state index is 12.4. The van der Waals surface area contributed by atoms with E-state index in [1.807, 2.05) is 14.1 Å². The second-order valence-electron chi connectivity index (χ2n) is 5.14. The Bertz CT molecular complexity index is 380. The zero-order chi connectivity index (χ0) is 14.0. The molecule has 0 saturated carbocycles. The van der Waals surface area contributed by atoms with Crippen LogP contribution in [0.1, 0.15) is 19.4 Å². The van der Waals surface area contributed by atoms with Crippen LogP contribution in [0.5, 0.6) is 0 Å². The summed E-state index contributed by atoms with van der Waals surface area (Å²) in [6, 6.07) is 5.08. The fraction of sp³-hybridized carbons (Fsp3) is 0.538. The Kier molecular flexibility index (Phi) is 4.27. The molecule has 0 amide bonds. The van der Waals surface area contributed by atoms with Crippen LogP contribution in [-0.2, 0) is 6.18 Å². The first kappa shape index (κ1) is 14.8. The van der Waals surface area contributed by atoms with Crippen molar-refractivity contribution in [2.75, 3.05) is 26.0 Å². The van der Waals surface area contributed by atoms with Gasteiger partial charge in [0.25, 0.3) is 0 Å². The zero-order valence-corrected chi connectivity index (χ0v) is 11.1.